The number of hydrogen-bond donors (Lipinski definition) is 0. The average molecular weight is 670 g/mol. The number of rotatable bonds is 4. The van der Waals surface area contributed by atoms with Crippen LogP contribution in [-0.2, 0) is 23.2 Å². The van der Waals surface area contributed by atoms with Crippen molar-refractivity contribution in [3.8, 4) is 0 Å². The molecular weight excluding hydrogens is 641 g/mol. The van der Waals surface area contributed by atoms with E-state index in [0.717, 1.165) is 22.9 Å². The Morgan fingerprint density at radius 2 is 1.00 bits per heavy atom. The van der Waals surface area contributed by atoms with Crippen LogP contribution in [0.5, 0.6) is 0 Å². The normalized spacial score (nSPS) is 21.3. The minimum atomic E-state index is -1.07. The molecule has 2 aromatic rings. The Balaban J connectivity index is 0.00000176. The summed E-state index contributed by atoms with van der Waals surface area (Å²) in [5.41, 5.74) is 11.5. The Morgan fingerprint density at radius 3 is 1.38 bits per heavy atom. The zero-order valence-electron chi connectivity index (χ0n) is 21.8. The molecule has 2 unspecified atom stereocenters. The van der Waals surface area contributed by atoms with Crippen molar-refractivity contribution < 1.29 is 48.0 Å². The number of halogens is 4. The summed E-state index contributed by atoms with van der Waals surface area (Å²) in [7, 11) is 0. The van der Waals surface area contributed by atoms with Crippen molar-refractivity contribution in [2.75, 3.05) is 0 Å². The zero-order valence-corrected chi connectivity index (χ0v) is 27.3. The Labute approximate surface area is 266 Å². The van der Waals surface area contributed by atoms with Crippen LogP contribution >= 0.6 is 23.2 Å². The van der Waals surface area contributed by atoms with Gasteiger partial charge in [0.25, 0.3) is 0 Å². The molecule has 0 saturated carbocycles. The molecule has 0 nitrogen and oxygen atoms in total. The van der Waals surface area contributed by atoms with Crippen molar-refractivity contribution in [3.63, 3.8) is 0 Å². The van der Waals surface area contributed by atoms with E-state index >= 15 is 0 Å². The molecule has 0 aromatic heterocycles. The molecule has 4 aliphatic rings. The molecule has 0 N–H and O–H groups in total. The maximum absolute atomic E-state index is 6.21. The van der Waals surface area contributed by atoms with E-state index in [2.05, 4.69) is 86.7 Å². The van der Waals surface area contributed by atoms with Gasteiger partial charge in [-0.05, 0) is 0 Å². The van der Waals surface area contributed by atoms with Crippen LogP contribution in [0, 0.1) is 0 Å². The summed E-state index contributed by atoms with van der Waals surface area (Å²) in [6, 6.07) is 16.8. The van der Waals surface area contributed by atoms with Crippen molar-refractivity contribution in [2.45, 2.75) is 38.5 Å². The van der Waals surface area contributed by atoms with Crippen molar-refractivity contribution in [2.24, 2.45) is 0 Å². The van der Waals surface area contributed by atoms with E-state index in [4.69, 9.17) is 23.2 Å². The zero-order chi connectivity index (χ0) is 25.5. The van der Waals surface area contributed by atoms with Gasteiger partial charge in [0.2, 0.25) is 0 Å². The van der Waals surface area contributed by atoms with Gasteiger partial charge in [-0.3, -0.25) is 0 Å². The molecule has 0 saturated heterocycles. The third-order valence-corrected chi connectivity index (χ3v) is 12.8. The molecule has 4 aliphatic carbocycles. The van der Waals surface area contributed by atoms with Gasteiger partial charge in [0.1, 0.15) is 0 Å². The van der Waals surface area contributed by atoms with Gasteiger partial charge in [0.05, 0.1) is 0 Å². The van der Waals surface area contributed by atoms with Gasteiger partial charge in [0, 0.05) is 0 Å². The van der Waals surface area contributed by atoms with Crippen molar-refractivity contribution >= 4 is 23.2 Å². The Hall–Kier alpha value is -1.60. The van der Waals surface area contributed by atoms with E-state index in [1.807, 2.05) is 24.3 Å². The Kier molecular flexibility index (Phi) is 10.1. The number of hydrogen-bond acceptors (Lipinski definition) is 0. The van der Waals surface area contributed by atoms with Gasteiger partial charge in [0.15, 0.2) is 0 Å². The fourth-order valence-electron chi connectivity index (χ4n) is 5.91. The third-order valence-electron chi connectivity index (χ3n) is 7.78. The average Bonchev–Trinajstić information content (AvgIpc) is 3.15. The molecule has 0 radical (unpaired) electrons. The van der Waals surface area contributed by atoms with Crippen LogP contribution < -0.4 is 24.8 Å². The fraction of sp³-hybridized carbons (Fsp3) is 0.176. The molecule has 0 heterocycles. The first-order valence-electron chi connectivity index (χ1n) is 12.9. The molecule has 5 heteroatoms. The van der Waals surface area contributed by atoms with Gasteiger partial charge in [-0.25, -0.2) is 0 Å². The van der Waals surface area contributed by atoms with Crippen LogP contribution in [0.1, 0.15) is 49.7 Å². The molecule has 196 valence electrons. The van der Waals surface area contributed by atoms with Crippen LogP contribution in [0.4, 0.5) is 0 Å². The second-order valence-electron chi connectivity index (χ2n) is 10.1. The van der Waals surface area contributed by atoms with E-state index in [0.29, 0.717) is 11.8 Å². The summed E-state index contributed by atoms with van der Waals surface area (Å²) in [5, 5.41) is 1.59. The third kappa shape index (κ3) is 6.05. The summed E-state index contributed by atoms with van der Waals surface area (Å²) in [6.45, 7) is 4.64. The van der Waals surface area contributed by atoms with Crippen LogP contribution in [-0.4, -0.2) is 0 Å². The number of fused-ring (bicyclic) bond motifs is 2. The maximum Gasteiger partial charge on any atom is -1.00 e. The monoisotopic (exact) mass is 666 g/mol. The molecule has 0 amide bonds. The largest absolute Gasteiger partial charge is 1.00 e. The van der Waals surface area contributed by atoms with Crippen molar-refractivity contribution in [1.82, 2.24) is 0 Å². The van der Waals surface area contributed by atoms with E-state index in [1.54, 1.807) is 6.56 Å². The summed E-state index contributed by atoms with van der Waals surface area (Å²) in [5.74, 6) is 0.742. The fourth-order valence-corrected chi connectivity index (χ4v) is 9.88. The van der Waals surface area contributed by atoms with E-state index in [1.165, 1.54) is 44.6 Å². The quantitative estimate of drug-likeness (QED) is 0.460. The van der Waals surface area contributed by atoms with E-state index in [-0.39, 0.29) is 24.8 Å². The van der Waals surface area contributed by atoms with Gasteiger partial charge >= 0.3 is 243 Å². The standard InChI is InChI=1S/2C17H14Cl.2ClH.Zr/c2*1-12-10-14-4-2-3-5-16(17(14)11-12)13-6-8-15(18)9-7-13;;;/h2*2-4,6-9,11,16H,5H2,1H3;2*1H;/q;;;;+2/p-2. The van der Waals surface area contributed by atoms with Crippen LogP contribution in [0.3, 0.4) is 0 Å². The summed E-state index contributed by atoms with van der Waals surface area (Å²) in [6.07, 6.45) is 20.9. The molecule has 0 spiro atoms. The maximum atomic E-state index is 6.21. The SMILES string of the molecule is CC1=[C]([Zr+2][C]2=C(C)C=C3C2=CC=CCC3c2ccc(Cl)cc2)C2=CC=CCC(c3ccc(Cl)cc3)C2=C1.[Cl-].[Cl-]. The molecule has 2 atom stereocenters. The molecule has 39 heavy (non-hydrogen) atoms. The predicted octanol–water partition coefficient (Wildman–Crippen LogP) is 4.15. The van der Waals surface area contributed by atoms with Crippen molar-refractivity contribution in [1.29, 1.82) is 0 Å². The molecule has 6 rings (SSSR count). The molecule has 0 fully saturated rings. The molecule has 2 aromatic carbocycles. The number of allylic oxidation sites excluding steroid dienone is 16. The Morgan fingerprint density at radius 1 is 0.615 bits per heavy atom. The minimum absolute atomic E-state index is 0. The first kappa shape index (κ1) is 30.4. The minimum Gasteiger partial charge on any atom is -1.00 e. The molecular formula is C34H28Cl4Zr. The first-order chi connectivity index (χ1) is 18.0. The number of benzene rings is 2. The van der Waals surface area contributed by atoms with Crippen LogP contribution in [0.25, 0.3) is 0 Å². The molecule has 0 bridgehead atoms. The van der Waals surface area contributed by atoms with Crippen LogP contribution in [0.2, 0.25) is 10.0 Å². The van der Waals surface area contributed by atoms with Gasteiger partial charge in [-0.1, -0.05) is 0 Å². The van der Waals surface area contributed by atoms with Gasteiger partial charge in [-0.15, -0.1) is 0 Å². The van der Waals surface area contributed by atoms with E-state index in [9.17, 15) is 0 Å². The topological polar surface area (TPSA) is 0 Å². The summed E-state index contributed by atoms with van der Waals surface area (Å²) < 4.78 is 3.23. The Bertz CT molecular complexity index is 1390. The van der Waals surface area contributed by atoms with Crippen molar-refractivity contribution in [3.05, 3.63) is 158 Å². The summed E-state index contributed by atoms with van der Waals surface area (Å²) >= 11 is 11.3. The van der Waals surface area contributed by atoms with E-state index < -0.39 is 23.2 Å². The second-order valence-corrected chi connectivity index (χ2v) is 14.1. The first-order valence-corrected chi connectivity index (χ1v) is 16.1. The van der Waals surface area contributed by atoms with Crippen LogP contribution in [0.15, 0.2) is 137 Å². The summed E-state index contributed by atoms with van der Waals surface area (Å²) in [4.78, 5) is 0. The predicted molar refractivity (Wildman–Crippen MR) is 154 cm³/mol. The molecule has 0 aliphatic heterocycles. The van der Waals surface area contributed by atoms with Gasteiger partial charge < -0.3 is 24.8 Å². The van der Waals surface area contributed by atoms with Gasteiger partial charge in [-0.2, -0.15) is 0 Å². The second kappa shape index (κ2) is 12.9. The smallest absolute Gasteiger partial charge is 1.00 e.